The fourth-order valence-corrected chi connectivity index (χ4v) is 1.83. The average molecular weight is 273 g/mol. The molecule has 0 fully saturated rings. The van der Waals surface area contributed by atoms with E-state index in [1.165, 1.54) is 12.5 Å². The number of benzene rings is 1. The van der Waals surface area contributed by atoms with Gasteiger partial charge in [-0.1, -0.05) is 18.2 Å². The highest BCUT2D eigenvalue weighted by Gasteiger charge is 2.11. The van der Waals surface area contributed by atoms with Crippen molar-refractivity contribution < 1.29 is 14.6 Å². The molecule has 0 saturated heterocycles. The molecule has 1 heterocycles. The molecule has 20 heavy (non-hydrogen) atoms. The normalized spacial score (nSPS) is 10.2. The van der Waals surface area contributed by atoms with Gasteiger partial charge in [0, 0.05) is 24.6 Å². The van der Waals surface area contributed by atoms with Crippen molar-refractivity contribution in [2.45, 2.75) is 13.2 Å². The van der Waals surface area contributed by atoms with Gasteiger partial charge < -0.3 is 15.2 Å². The van der Waals surface area contributed by atoms with Crippen LogP contribution in [0.25, 0.3) is 0 Å². The highest BCUT2D eigenvalue weighted by molar-refractivity contribution is 5.88. The summed E-state index contributed by atoms with van der Waals surface area (Å²) in [6.07, 6.45) is 2.64. The molecule has 0 spiro atoms. The zero-order valence-corrected chi connectivity index (χ0v) is 11.0. The van der Waals surface area contributed by atoms with Gasteiger partial charge in [-0.3, -0.25) is 0 Å². The number of anilines is 1. The molecular weight excluding hydrogens is 258 g/mol. The van der Waals surface area contributed by atoms with E-state index in [-0.39, 0.29) is 5.56 Å². The van der Waals surface area contributed by atoms with E-state index in [1.54, 1.807) is 7.11 Å². The highest BCUT2D eigenvalue weighted by Crippen LogP contribution is 2.17. The van der Waals surface area contributed by atoms with E-state index in [2.05, 4.69) is 15.3 Å². The lowest BCUT2D eigenvalue weighted by Gasteiger charge is -2.12. The van der Waals surface area contributed by atoms with Crippen LogP contribution in [-0.4, -0.2) is 28.2 Å². The SMILES string of the molecule is COCc1ccccc1NCc1ncncc1C(=O)O. The second-order valence-corrected chi connectivity index (χ2v) is 4.13. The number of carboxylic acid groups (broad SMARTS) is 1. The summed E-state index contributed by atoms with van der Waals surface area (Å²) in [6, 6.07) is 7.69. The Labute approximate surface area is 116 Å². The maximum atomic E-state index is 11.1. The van der Waals surface area contributed by atoms with Crippen LogP contribution >= 0.6 is 0 Å². The van der Waals surface area contributed by atoms with Gasteiger partial charge >= 0.3 is 5.97 Å². The predicted molar refractivity (Wildman–Crippen MR) is 73.5 cm³/mol. The lowest BCUT2D eigenvalue weighted by atomic mass is 10.1. The summed E-state index contributed by atoms with van der Waals surface area (Å²) in [7, 11) is 1.63. The number of aromatic carboxylic acids is 1. The number of aromatic nitrogens is 2. The molecule has 0 atom stereocenters. The molecule has 2 rings (SSSR count). The summed E-state index contributed by atoms with van der Waals surface area (Å²) >= 11 is 0. The Balaban J connectivity index is 2.15. The number of methoxy groups -OCH3 is 1. The standard InChI is InChI=1S/C14H15N3O3/c1-20-8-10-4-2-3-5-12(10)16-7-13-11(14(18)19)6-15-9-17-13/h2-6,9,16H,7-8H2,1H3,(H,18,19). The summed E-state index contributed by atoms with van der Waals surface area (Å²) in [6.45, 7) is 0.795. The van der Waals surface area contributed by atoms with Crippen LogP contribution in [-0.2, 0) is 17.9 Å². The average Bonchev–Trinajstić information content (AvgIpc) is 2.47. The van der Waals surface area contributed by atoms with Gasteiger partial charge in [-0.05, 0) is 6.07 Å². The number of nitrogens with one attached hydrogen (secondary N) is 1. The van der Waals surface area contributed by atoms with Crippen molar-refractivity contribution in [3.8, 4) is 0 Å². The number of nitrogens with zero attached hydrogens (tertiary/aromatic N) is 2. The minimum absolute atomic E-state index is 0.101. The van der Waals surface area contributed by atoms with Crippen LogP contribution < -0.4 is 5.32 Å². The first-order valence-electron chi connectivity index (χ1n) is 6.05. The molecule has 0 saturated carbocycles. The number of hydrogen-bond acceptors (Lipinski definition) is 5. The Morgan fingerprint density at radius 2 is 2.20 bits per heavy atom. The van der Waals surface area contributed by atoms with Gasteiger partial charge in [0.25, 0.3) is 0 Å². The third kappa shape index (κ3) is 3.30. The first kappa shape index (κ1) is 14.0. The first-order valence-corrected chi connectivity index (χ1v) is 6.05. The molecule has 0 amide bonds. The fourth-order valence-electron chi connectivity index (χ4n) is 1.83. The van der Waals surface area contributed by atoms with Crippen LogP contribution in [0.4, 0.5) is 5.69 Å². The van der Waals surface area contributed by atoms with Crippen LogP contribution in [0.2, 0.25) is 0 Å². The number of para-hydroxylation sites is 1. The van der Waals surface area contributed by atoms with Gasteiger partial charge in [0.2, 0.25) is 0 Å². The second-order valence-electron chi connectivity index (χ2n) is 4.13. The van der Waals surface area contributed by atoms with E-state index in [0.29, 0.717) is 18.8 Å². The van der Waals surface area contributed by atoms with Crippen LogP contribution in [0.1, 0.15) is 21.6 Å². The second kappa shape index (κ2) is 6.63. The monoisotopic (exact) mass is 273 g/mol. The number of carbonyl (C=O) groups is 1. The maximum Gasteiger partial charge on any atom is 0.339 e. The minimum Gasteiger partial charge on any atom is -0.478 e. The number of ether oxygens (including phenoxy) is 1. The zero-order valence-electron chi connectivity index (χ0n) is 11.0. The highest BCUT2D eigenvalue weighted by atomic mass is 16.5. The zero-order chi connectivity index (χ0) is 14.4. The third-order valence-electron chi connectivity index (χ3n) is 2.79. The number of carboxylic acids is 1. The van der Waals surface area contributed by atoms with Gasteiger partial charge in [0.1, 0.15) is 11.9 Å². The maximum absolute atomic E-state index is 11.1. The van der Waals surface area contributed by atoms with Crippen LogP contribution in [0.3, 0.4) is 0 Å². The van der Waals surface area contributed by atoms with Crippen LogP contribution in [0, 0.1) is 0 Å². The summed E-state index contributed by atoms with van der Waals surface area (Å²) in [4.78, 5) is 18.8. The van der Waals surface area contributed by atoms with E-state index in [1.807, 2.05) is 24.3 Å². The van der Waals surface area contributed by atoms with E-state index in [0.717, 1.165) is 11.3 Å². The van der Waals surface area contributed by atoms with Crippen LogP contribution in [0.15, 0.2) is 36.8 Å². The Hall–Kier alpha value is -2.47. The molecule has 1 aromatic heterocycles. The first-order chi connectivity index (χ1) is 9.72. The molecular formula is C14H15N3O3. The lowest BCUT2D eigenvalue weighted by molar-refractivity contribution is 0.0694. The van der Waals surface area contributed by atoms with Gasteiger partial charge in [-0.2, -0.15) is 0 Å². The van der Waals surface area contributed by atoms with Gasteiger partial charge in [0.05, 0.1) is 18.8 Å². The topological polar surface area (TPSA) is 84.3 Å². The molecule has 104 valence electrons. The predicted octanol–water partition coefficient (Wildman–Crippen LogP) is 1.93. The molecule has 0 aliphatic heterocycles. The van der Waals surface area contributed by atoms with E-state index < -0.39 is 5.97 Å². The Kier molecular flexibility index (Phi) is 4.62. The molecule has 0 bridgehead atoms. The molecule has 0 radical (unpaired) electrons. The van der Waals surface area contributed by atoms with Crippen LogP contribution in [0.5, 0.6) is 0 Å². The smallest absolute Gasteiger partial charge is 0.339 e. The molecule has 0 aliphatic carbocycles. The van der Waals surface area contributed by atoms with E-state index in [4.69, 9.17) is 9.84 Å². The van der Waals surface area contributed by atoms with Crippen molar-refractivity contribution in [1.82, 2.24) is 9.97 Å². The Morgan fingerprint density at radius 3 is 2.95 bits per heavy atom. The summed E-state index contributed by atoms with van der Waals surface area (Å²) < 4.78 is 5.12. The van der Waals surface area contributed by atoms with Crippen molar-refractivity contribution >= 4 is 11.7 Å². The summed E-state index contributed by atoms with van der Waals surface area (Å²) in [5.41, 5.74) is 2.44. The quantitative estimate of drug-likeness (QED) is 0.836. The molecule has 2 N–H and O–H groups in total. The fraction of sp³-hybridized carbons (Fsp3) is 0.214. The Bertz CT molecular complexity index is 602. The van der Waals surface area contributed by atoms with Crippen molar-refractivity contribution in [1.29, 1.82) is 0 Å². The molecule has 0 aliphatic rings. The minimum atomic E-state index is -1.03. The van der Waals surface area contributed by atoms with Crippen molar-refractivity contribution in [3.63, 3.8) is 0 Å². The summed E-state index contributed by atoms with van der Waals surface area (Å²) in [5.74, 6) is -1.03. The Morgan fingerprint density at radius 1 is 1.40 bits per heavy atom. The molecule has 2 aromatic rings. The van der Waals surface area contributed by atoms with Crippen molar-refractivity contribution in [3.05, 3.63) is 53.6 Å². The van der Waals surface area contributed by atoms with Crippen molar-refractivity contribution in [2.75, 3.05) is 12.4 Å². The largest absolute Gasteiger partial charge is 0.478 e. The van der Waals surface area contributed by atoms with E-state index >= 15 is 0 Å². The van der Waals surface area contributed by atoms with Gasteiger partial charge in [-0.25, -0.2) is 14.8 Å². The van der Waals surface area contributed by atoms with Gasteiger partial charge in [-0.15, -0.1) is 0 Å². The molecule has 1 aromatic carbocycles. The van der Waals surface area contributed by atoms with Gasteiger partial charge in [0.15, 0.2) is 0 Å². The van der Waals surface area contributed by atoms with E-state index in [9.17, 15) is 4.79 Å². The number of hydrogen-bond donors (Lipinski definition) is 2. The number of rotatable bonds is 6. The molecule has 6 heteroatoms. The van der Waals surface area contributed by atoms with Crippen molar-refractivity contribution in [2.24, 2.45) is 0 Å². The third-order valence-corrected chi connectivity index (χ3v) is 2.79. The molecule has 0 unspecified atom stereocenters. The molecule has 6 nitrogen and oxygen atoms in total. The summed E-state index contributed by atoms with van der Waals surface area (Å²) in [5, 5.41) is 12.2. The lowest BCUT2D eigenvalue weighted by Crippen LogP contribution is -2.11.